The van der Waals surface area contributed by atoms with Crippen molar-refractivity contribution >= 4 is 17.6 Å². The highest BCUT2D eigenvalue weighted by Gasteiger charge is 2.33. The number of carbonyl (C=O) groups excluding carboxylic acids is 2. The third-order valence-electron chi connectivity index (χ3n) is 4.59. The van der Waals surface area contributed by atoms with Gasteiger partial charge in [0.2, 0.25) is 5.91 Å². The van der Waals surface area contributed by atoms with E-state index in [-0.39, 0.29) is 18.3 Å². The molecule has 0 aliphatic carbocycles. The molecule has 156 valence electrons. The summed E-state index contributed by atoms with van der Waals surface area (Å²) >= 11 is 0. The molecule has 1 aromatic carbocycles. The van der Waals surface area contributed by atoms with Gasteiger partial charge in [0, 0.05) is 32.7 Å². The van der Waals surface area contributed by atoms with Crippen molar-refractivity contribution in [2.75, 3.05) is 44.6 Å². The minimum Gasteiger partial charge on any atom is -0.338 e. The Bertz CT molecular complexity index is 659. The van der Waals surface area contributed by atoms with Crippen LogP contribution in [0.15, 0.2) is 24.3 Å². The van der Waals surface area contributed by atoms with E-state index in [0.29, 0.717) is 32.7 Å². The van der Waals surface area contributed by atoms with Crippen molar-refractivity contribution in [3.05, 3.63) is 29.8 Å². The molecule has 2 rings (SSSR count). The second kappa shape index (κ2) is 10.3. The Morgan fingerprint density at radius 1 is 1.07 bits per heavy atom. The molecule has 1 heterocycles. The zero-order valence-electron chi connectivity index (χ0n) is 16.0. The molecular formula is C19H27F3N4O2. The molecule has 0 saturated carbocycles. The lowest BCUT2D eigenvalue weighted by molar-refractivity contribution is -0.137. The number of alkyl halides is 3. The Morgan fingerprint density at radius 3 is 2.39 bits per heavy atom. The van der Waals surface area contributed by atoms with Crippen molar-refractivity contribution < 1.29 is 22.8 Å². The van der Waals surface area contributed by atoms with Gasteiger partial charge < -0.3 is 15.5 Å². The number of anilines is 1. The van der Waals surface area contributed by atoms with Crippen LogP contribution in [-0.2, 0) is 11.0 Å². The standard InChI is InChI=1S/C19H27F3N4O2/c1-2-3-6-9-23-18(28)26-12-10-25(11-13-26)14-17(27)24-16-8-5-4-7-15(16)19(20,21)22/h4-5,7-8H,2-3,6,9-14H2,1H3,(H,23,28)(H,24,27). The lowest BCUT2D eigenvalue weighted by Gasteiger charge is -2.34. The number of nitrogens with zero attached hydrogens (tertiary/aromatic N) is 2. The minimum atomic E-state index is -4.53. The van der Waals surface area contributed by atoms with E-state index < -0.39 is 17.6 Å². The van der Waals surface area contributed by atoms with Crippen LogP contribution in [0.3, 0.4) is 0 Å². The number of hydrogen-bond donors (Lipinski definition) is 2. The van der Waals surface area contributed by atoms with Crippen LogP contribution in [0.2, 0.25) is 0 Å². The molecule has 2 N–H and O–H groups in total. The summed E-state index contributed by atoms with van der Waals surface area (Å²) in [4.78, 5) is 27.8. The summed E-state index contributed by atoms with van der Waals surface area (Å²) in [5.41, 5.74) is -1.11. The fourth-order valence-electron chi connectivity index (χ4n) is 3.02. The fourth-order valence-corrected chi connectivity index (χ4v) is 3.02. The molecule has 6 nitrogen and oxygen atoms in total. The molecule has 1 saturated heterocycles. The Morgan fingerprint density at radius 2 is 1.75 bits per heavy atom. The zero-order chi connectivity index (χ0) is 20.6. The van der Waals surface area contributed by atoms with Gasteiger partial charge in [0.1, 0.15) is 0 Å². The first-order chi connectivity index (χ1) is 13.3. The third-order valence-corrected chi connectivity index (χ3v) is 4.59. The Balaban J connectivity index is 1.77. The largest absolute Gasteiger partial charge is 0.418 e. The van der Waals surface area contributed by atoms with Crippen LogP contribution in [0, 0.1) is 0 Å². The number of nitrogens with one attached hydrogen (secondary N) is 2. The monoisotopic (exact) mass is 400 g/mol. The second-order valence-electron chi connectivity index (χ2n) is 6.79. The van der Waals surface area contributed by atoms with E-state index in [2.05, 4.69) is 17.6 Å². The molecule has 0 radical (unpaired) electrons. The molecule has 1 aliphatic rings. The van der Waals surface area contributed by atoms with Crippen molar-refractivity contribution in [3.63, 3.8) is 0 Å². The van der Waals surface area contributed by atoms with Crippen molar-refractivity contribution in [2.45, 2.75) is 32.4 Å². The van der Waals surface area contributed by atoms with Gasteiger partial charge in [-0.1, -0.05) is 31.9 Å². The SMILES string of the molecule is CCCCCNC(=O)N1CCN(CC(=O)Nc2ccccc2C(F)(F)F)CC1. The average molecular weight is 400 g/mol. The van der Waals surface area contributed by atoms with Crippen LogP contribution >= 0.6 is 0 Å². The summed E-state index contributed by atoms with van der Waals surface area (Å²) in [6, 6.07) is 4.79. The van der Waals surface area contributed by atoms with Crippen LogP contribution < -0.4 is 10.6 Å². The second-order valence-corrected chi connectivity index (χ2v) is 6.79. The van der Waals surface area contributed by atoms with E-state index in [0.717, 1.165) is 25.3 Å². The Hall–Kier alpha value is -2.29. The summed E-state index contributed by atoms with van der Waals surface area (Å²) in [6.45, 7) is 4.68. The Kier molecular flexibility index (Phi) is 8.10. The number of halogens is 3. The maximum Gasteiger partial charge on any atom is 0.418 e. The van der Waals surface area contributed by atoms with Crippen LogP contribution in [0.4, 0.5) is 23.7 Å². The molecule has 0 bridgehead atoms. The predicted octanol–water partition coefficient (Wildman–Crippen LogP) is 3.16. The first-order valence-electron chi connectivity index (χ1n) is 9.52. The van der Waals surface area contributed by atoms with Gasteiger partial charge in [-0.25, -0.2) is 4.79 Å². The summed E-state index contributed by atoms with van der Waals surface area (Å²) in [6.07, 6.45) is -1.42. The van der Waals surface area contributed by atoms with Gasteiger partial charge in [-0.15, -0.1) is 0 Å². The van der Waals surface area contributed by atoms with Crippen molar-refractivity contribution in [3.8, 4) is 0 Å². The number of urea groups is 1. The van der Waals surface area contributed by atoms with Crippen molar-refractivity contribution in [2.24, 2.45) is 0 Å². The molecule has 9 heteroatoms. The maximum absolute atomic E-state index is 13.0. The van der Waals surface area contributed by atoms with Gasteiger partial charge in [0.15, 0.2) is 0 Å². The molecule has 1 fully saturated rings. The first-order valence-corrected chi connectivity index (χ1v) is 9.52. The molecule has 0 atom stereocenters. The molecule has 1 aliphatic heterocycles. The third kappa shape index (κ3) is 6.70. The van der Waals surface area contributed by atoms with Gasteiger partial charge in [-0.3, -0.25) is 9.69 Å². The average Bonchev–Trinajstić information content (AvgIpc) is 2.65. The van der Waals surface area contributed by atoms with Gasteiger partial charge in [-0.2, -0.15) is 13.2 Å². The zero-order valence-corrected chi connectivity index (χ0v) is 16.0. The lowest BCUT2D eigenvalue weighted by atomic mass is 10.1. The molecular weight excluding hydrogens is 373 g/mol. The van der Waals surface area contributed by atoms with Gasteiger partial charge in [-0.05, 0) is 18.6 Å². The number of rotatable bonds is 7. The lowest BCUT2D eigenvalue weighted by Crippen LogP contribution is -2.53. The highest BCUT2D eigenvalue weighted by Crippen LogP contribution is 2.34. The van der Waals surface area contributed by atoms with E-state index in [1.54, 1.807) is 4.90 Å². The molecule has 0 unspecified atom stereocenters. The van der Waals surface area contributed by atoms with E-state index in [9.17, 15) is 22.8 Å². The van der Waals surface area contributed by atoms with Crippen LogP contribution in [0.25, 0.3) is 0 Å². The van der Waals surface area contributed by atoms with Crippen LogP contribution in [-0.4, -0.2) is 61.0 Å². The topological polar surface area (TPSA) is 64.7 Å². The molecule has 0 aromatic heterocycles. The normalized spacial score (nSPS) is 15.4. The van der Waals surface area contributed by atoms with Gasteiger partial charge in [0.05, 0.1) is 17.8 Å². The summed E-state index contributed by atoms with van der Waals surface area (Å²) in [7, 11) is 0. The number of para-hydroxylation sites is 1. The van der Waals surface area contributed by atoms with Crippen LogP contribution in [0.5, 0.6) is 0 Å². The molecule has 28 heavy (non-hydrogen) atoms. The fraction of sp³-hybridized carbons (Fsp3) is 0.579. The molecule has 3 amide bonds. The van der Waals surface area contributed by atoms with E-state index in [4.69, 9.17) is 0 Å². The summed E-state index contributed by atoms with van der Waals surface area (Å²) in [5, 5.41) is 5.22. The summed E-state index contributed by atoms with van der Waals surface area (Å²) in [5.74, 6) is -0.505. The highest BCUT2D eigenvalue weighted by atomic mass is 19.4. The molecule has 1 aromatic rings. The van der Waals surface area contributed by atoms with Gasteiger partial charge >= 0.3 is 12.2 Å². The number of hydrogen-bond acceptors (Lipinski definition) is 3. The van der Waals surface area contributed by atoms with E-state index in [1.165, 1.54) is 18.2 Å². The summed E-state index contributed by atoms with van der Waals surface area (Å²) < 4.78 is 39.0. The quantitative estimate of drug-likeness (QED) is 0.691. The van der Waals surface area contributed by atoms with Gasteiger partial charge in [0.25, 0.3) is 0 Å². The number of carbonyl (C=O) groups is 2. The highest BCUT2D eigenvalue weighted by molar-refractivity contribution is 5.93. The number of unbranched alkanes of at least 4 members (excludes halogenated alkanes) is 2. The van der Waals surface area contributed by atoms with Crippen LogP contribution in [0.1, 0.15) is 31.7 Å². The first kappa shape index (κ1) is 22.0. The van der Waals surface area contributed by atoms with Crippen molar-refractivity contribution in [1.29, 1.82) is 0 Å². The van der Waals surface area contributed by atoms with E-state index >= 15 is 0 Å². The number of piperazine rings is 1. The van der Waals surface area contributed by atoms with E-state index in [1.807, 2.05) is 4.90 Å². The maximum atomic E-state index is 13.0. The smallest absolute Gasteiger partial charge is 0.338 e. The number of benzene rings is 1. The van der Waals surface area contributed by atoms with Crippen molar-refractivity contribution in [1.82, 2.24) is 15.1 Å². The minimum absolute atomic E-state index is 0.0157. The predicted molar refractivity (Wildman–Crippen MR) is 101 cm³/mol. The molecule has 0 spiro atoms. The number of amides is 3. The Labute approximate surface area is 163 Å².